The number of nitrogens with one attached hydrogen (secondary N) is 1. The molecule has 0 atom stereocenters. The van der Waals surface area contributed by atoms with Crippen LogP contribution in [-0.2, 0) is 0 Å². The van der Waals surface area contributed by atoms with Crippen LogP contribution in [0.15, 0.2) is 23.6 Å². The number of halogens is 2. The SMILES string of the molecule is Fc1ccc(-c2csc(NC3CCCC3)n2)cc1F. The van der Waals surface area contributed by atoms with Gasteiger partial charge in [0.05, 0.1) is 5.69 Å². The molecule has 1 heterocycles. The number of thiazole rings is 1. The van der Waals surface area contributed by atoms with Crippen LogP contribution in [0, 0.1) is 11.6 Å². The predicted octanol–water partition coefficient (Wildman–Crippen LogP) is 4.44. The minimum absolute atomic E-state index is 0.504. The maximum Gasteiger partial charge on any atom is 0.183 e. The van der Waals surface area contributed by atoms with Crippen LogP contribution in [0.5, 0.6) is 0 Å². The molecule has 5 heteroatoms. The van der Waals surface area contributed by atoms with Gasteiger partial charge in [-0.3, -0.25) is 0 Å². The van der Waals surface area contributed by atoms with Crippen LogP contribution < -0.4 is 5.32 Å². The Morgan fingerprint density at radius 1 is 1.16 bits per heavy atom. The van der Waals surface area contributed by atoms with E-state index in [0.717, 1.165) is 11.2 Å². The second-order valence-electron chi connectivity index (χ2n) is 4.79. The van der Waals surface area contributed by atoms with Crippen molar-refractivity contribution in [2.45, 2.75) is 31.7 Å². The Morgan fingerprint density at radius 2 is 1.95 bits per heavy atom. The van der Waals surface area contributed by atoms with Gasteiger partial charge in [-0.15, -0.1) is 11.3 Å². The first-order valence-corrected chi connectivity index (χ1v) is 7.28. The molecule has 1 aliphatic carbocycles. The average molecular weight is 280 g/mol. The van der Waals surface area contributed by atoms with Crippen LogP contribution in [0.2, 0.25) is 0 Å². The maximum atomic E-state index is 13.2. The summed E-state index contributed by atoms with van der Waals surface area (Å²) in [4.78, 5) is 4.43. The first kappa shape index (κ1) is 12.5. The molecule has 19 heavy (non-hydrogen) atoms. The van der Waals surface area contributed by atoms with E-state index >= 15 is 0 Å². The molecule has 1 aliphatic rings. The molecular formula is C14H14F2N2S. The third-order valence-electron chi connectivity index (χ3n) is 3.40. The highest BCUT2D eigenvalue weighted by atomic mass is 32.1. The minimum atomic E-state index is -0.837. The van der Waals surface area contributed by atoms with Gasteiger partial charge in [0.25, 0.3) is 0 Å². The molecule has 0 radical (unpaired) electrons. The van der Waals surface area contributed by atoms with Crippen LogP contribution in [0.25, 0.3) is 11.3 Å². The van der Waals surface area contributed by atoms with Gasteiger partial charge < -0.3 is 5.32 Å². The van der Waals surface area contributed by atoms with Crippen LogP contribution >= 0.6 is 11.3 Å². The van der Waals surface area contributed by atoms with Gasteiger partial charge in [-0.05, 0) is 31.0 Å². The number of hydrogen-bond acceptors (Lipinski definition) is 3. The lowest BCUT2D eigenvalue weighted by atomic mass is 10.2. The molecule has 3 rings (SSSR count). The molecule has 0 aliphatic heterocycles. The molecule has 0 saturated heterocycles. The van der Waals surface area contributed by atoms with Gasteiger partial charge in [-0.2, -0.15) is 0 Å². The van der Waals surface area contributed by atoms with Gasteiger partial charge >= 0.3 is 0 Å². The fraction of sp³-hybridized carbons (Fsp3) is 0.357. The van der Waals surface area contributed by atoms with E-state index in [1.807, 2.05) is 5.38 Å². The molecule has 1 N–H and O–H groups in total. The topological polar surface area (TPSA) is 24.9 Å². The highest BCUT2D eigenvalue weighted by Gasteiger charge is 2.16. The quantitative estimate of drug-likeness (QED) is 0.899. The van der Waals surface area contributed by atoms with Crippen molar-refractivity contribution in [3.8, 4) is 11.3 Å². The van der Waals surface area contributed by atoms with Gasteiger partial charge in [0, 0.05) is 17.0 Å². The molecule has 2 aromatic rings. The minimum Gasteiger partial charge on any atom is -0.359 e. The molecular weight excluding hydrogens is 266 g/mol. The van der Waals surface area contributed by atoms with E-state index in [4.69, 9.17) is 0 Å². The molecule has 1 aromatic carbocycles. The highest BCUT2D eigenvalue weighted by molar-refractivity contribution is 7.14. The summed E-state index contributed by atoms with van der Waals surface area (Å²) in [7, 11) is 0. The summed E-state index contributed by atoms with van der Waals surface area (Å²) in [5.41, 5.74) is 1.29. The summed E-state index contributed by atoms with van der Waals surface area (Å²) < 4.78 is 26.1. The molecule has 100 valence electrons. The van der Waals surface area contributed by atoms with Crippen molar-refractivity contribution in [1.82, 2.24) is 4.98 Å². The third kappa shape index (κ3) is 2.76. The summed E-state index contributed by atoms with van der Waals surface area (Å²) in [5, 5.41) is 6.11. The summed E-state index contributed by atoms with van der Waals surface area (Å²) in [6, 6.07) is 4.37. The van der Waals surface area contributed by atoms with Crippen LogP contribution in [0.1, 0.15) is 25.7 Å². The Labute approximate surface area is 114 Å². The van der Waals surface area contributed by atoms with Gasteiger partial charge in [0.2, 0.25) is 0 Å². The Hall–Kier alpha value is -1.49. The average Bonchev–Trinajstić information content (AvgIpc) is 3.05. The maximum absolute atomic E-state index is 13.2. The van der Waals surface area contributed by atoms with E-state index in [1.54, 1.807) is 6.07 Å². The van der Waals surface area contributed by atoms with Gasteiger partial charge in [0.15, 0.2) is 16.8 Å². The van der Waals surface area contributed by atoms with E-state index in [9.17, 15) is 8.78 Å². The molecule has 0 unspecified atom stereocenters. The van der Waals surface area contributed by atoms with Crippen LogP contribution in [0.3, 0.4) is 0 Å². The monoisotopic (exact) mass is 280 g/mol. The highest BCUT2D eigenvalue weighted by Crippen LogP contribution is 2.28. The Morgan fingerprint density at radius 3 is 2.68 bits per heavy atom. The van der Waals surface area contributed by atoms with E-state index in [2.05, 4.69) is 10.3 Å². The number of benzene rings is 1. The number of aromatic nitrogens is 1. The van der Waals surface area contributed by atoms with Crippen molar-refractivity contribution >= 4 is 16.5 Å². The van der Waals surface area contributed by atoms with E-state index in [0.29, 0.717) is 17.3 Å². The smallest absolute Gasteiger partial charge is 0.183 e. The second-order valence-corrected chi connectivity index (χ2v) is 5.65. The van der Waals surface area contributed by atoms with Crippen molar-refractivity contribution < 1.29 is 8.78 Å². The van der Waals surface area contributed by atoms with E-state index in [-0.39, 0.29) is 0 Å². The lowest BCUT2D eigenvalue weighted by Crippen LogP contribution is -2.13. The number of rotatable bonds is 3. The molecule has 0 spiro atoms. The number of anilines is 1. The van der Waals surface area contributed by atoms with Gasteiger partial charge in [-0.25, -0.2) is 13.8 Å². The number of nitrogens with zero attached hydrogens (tertiary/aromatic N) is 1. The lowest BCUT2D eigenvalue weighted by Gasteiger charge is -2.09. The van der Waals surface area contributed by atoms with Crippen molar-refractivity contribution in [1.29, 1.82) is 0 Å². The summed E-state index contributed by atoms with van der Waals surface area (Å²) in [5.74, 6) is -1.67. The molecule has 1 saturated carbocycles. The molecule has 1 fully saturated rings. The standard InChI is InChI=1S/C14H14F2N2S/c15-11-6-5-9(7-12(11)16)13-8-19-14(18-13)17-10-3-1-2-4-10/h5-8,10H,1-4H2,(H,17,18). The first-order valence-electron chi connectivity index (χ1n) is 6.40. The van der Waals surface area contributed by atoms with Gasteiger partial charge in [-0.1, -0.05) is 12.8 Å². The van der Waals surface area contributed by atoms with Crippen LogP contribution in [-0.4, -0.2) is 11.0 Å². The van der Waals surface area contributed by atoms with Crippen molar-refractivity contribution in [2.24, 2.45) is 0 Å². The zero-order valence-corrected chi connectivity index (χ0v) is 11.1. The lowest BCUT2D eigenvalue weighted by molar-refractivity contribution is 0.509. The van der Waals surface area contributed by atoms with E-state index < -0.39 is 11.6 Å². The molecule has 1 aromatic heterocycles. The fourth-order valence-electron chi connectivity index (χ4n) is 2.37. The first-order chi connectivity index (χ1) is 9.22. The number of hydrogen-bond donors (Lipinski definition) is 1. The summed E-state index contributed by atoms with van der Waals surface area (Å²) >= 11 is 1.50. The summed E-state index contributed by atoms with van der Waals surface area (Å²) in [6.45, 7) is 0. The van der Waals surface area contributed by atoms with E-state index in [1.165, 1.54) is 43.1 Å². The Kier molecular flexibility index (Phi) is 3.46. The fourth-order valence-corrected chi connectivity index (χ4v) is 3.17. The summed E-state index contributed by atoms with van der Waals surface area (Å²) in [6.07, 6.45) is 4.89. The van der Waals surface area contributed by atoms with Crippen molar-refractivity contribution in [2.75, 3.05) is 5.32 Å². The second kappa shape index (κ2) is 5.25. The molecule has 0 amide bonds. The molecule has 2 nitrogen and oxygen atoms in total. The predicted molar refractivity (Wildman–Crippen MR) is 73.3 cm³/mol. The zero-order chi connectivity index (χ0) is 13.2. The van der Waals surface area contributed by atoms with Crippen molar-refractivity contribution in [3.05, 3.63) is 35.2 Å². The molecule has 0 bridgehead atoms. The normalized spacial score (nSPS) is 15.9. The third-order valence-corrected chi connectivity index (χ3v) is 4.18. The zero-order valence-electron chi connectivity index (χ0n) is 10.3. The largest absolute Gasteiger partial charge is 0.359 e. The van der Waals surface area contributed by atoms with Gasteiger partial charge in [0.1, 0.15) is 0 Å². The Bertz CT molecular complexity index is 577. The van der Waals surface area contributed by atoms with Crippen LogP contribution in [0.4, 0.5) is 13.9 Å². The van der Waals surface area contributed by atoms with Crippen molar-refractivity contribution in [3.63, 3.8) is 0 Å². The Balaban J connectivity index is 1.78.